The second-order valence-electron chi connectivity index (χ2n) is 4.52. The van der Waals surface area contributed by atoms with Crippen molar-refractivity contribution in [3.05, 3.63) is 42.7 Å². The highest BCUT2D eigenvalue weighted by molar-refractivity contribution is 5.80. The van der Waals surface area contributed by atoms with Crippen molar-refractivity contribution in [2.75, 3.05) is 0 Å². The molecule has 102 valence electrons. The molecular weight excluding hydrogens is 256 g/mol. The lowest BCUT2D eigenvalue weighted by Gasteiger charge is -2.11. The molecule has 0 aliphatic rings. The van der Waals surface area contributed by atoms with E-state index in [1.165, 1.54) is 6.33 Å². The highest BCUT2D eigenvalue weighted by Gasteiger charge is 2.13. The molecule has 0 spiro atoms. The van der Waals surface area contributed by atoms with E-state index in [1.54, 1.807) is 6.33 Å². The summed E-state index contributed by atoms with van der Waals surface area (Å²) in [6, 6.07) is 7.50. The van der Waals surface area contributed by atoms with Crippen molar-refractivity contribution in [2.24, 2.45) is 0 Å². The standard InChI is InChI=1S/C13H14N6O/c1-9(13-14-7-16-18-13)17-12(20)6-19-8-15-10-4-2-3-5-11(10)19/h2-5,7-9H,6H2,1H3,(H,17,20)(H,14,16,18). The Balaban J connectivity index is 1.70. The Labute approximate surface area is 115 Å². The van der Waals surface area contributed by atoms with Gasteiger partial charge in [0.2, 0.25) is 5.91 Å². The van der Waals surface area contributed by atoms with Crippen LogP contribution in [-0.2, 0) is 11.3 Å². The molecule has 0 saturated carbocycles. The summed E-state index contributed by atoms with van der Waals surface area (Å²) < 4.78 is 1.82. The normalized spacial score (nSPS) is 12.4. The molecule has 3 aromatic rings. The number of carbonyl (C=O) groups excluding carboxylic acids is 1. The maximum Gasteiger partial charge on any atom is 0.240 e. The minimum Gasteiger partial charge on any atom is -0.345 e. The third kappa shape index (κ3) is 2.37. The number of amides is 1. The van der Waals surface area contributed by atoms with Gasteiger partial charge in [-0.25, -0.2) is 9.97 Å². The Morgan fingerprint density at radius 1 is 1.40 bits per heavy atom. The maximum atomic E-state index is 12.0. The van der Waals surface area contributed by atoms with E-state index >= 15 is 0 Å². The largest absolute Gasteiger partial charge is 0.345 e. The van der Waals surface area contributed by atoms with Gasteiger partial charge in [-0.2, -0.15) is 5.10 Å². The zero-order chi connectivity index (χ0) is 13.9. The van der Waals surface area contributed by atoms with Crippen LogP contribution in [0.2, 0.25) is 0 Å². The zero-order valence-corrected chi connectivity index (χ0v) is 10.9. The second kappa shape index (κ2) is 5.12. The number of para-hydroxylation sites is 2. The van der Waals surface area contributed by atoms with Crippen LogP contribution in [0.5, 0.6) is 0 Å². The number of aromatic nitrogens is 5. The van der Waals surface area contributed by atoms with Crippen molar-refractivity contribution in [1.82, 2.24) is 30.0 Å². The summed E-state index contributed by atoms with van der Waals surface area (Å²) >= 11 is 0. The van der Waals surface area contributed by atoms with Crippen molar-refractivity contribution in [3.8, 4) is 0 Å². The quantitative estimate of drug-likeness (QED) is 0.741. The summed E-state index contributed by atoms with van der Waals surface area (Å²) in [6.07, 6.45) is 3.09. The molecule has 7 nitrogen and oxygen atoms in total. The van der Waals surface area contributed by atoms with Gasteiger partial charge in [0.25, 0.3) is 0 Å². The third-order valence-electron chi connectivity index (χ3n) is 3.06. The first kappa shape index (κ1) is 12.3. The molecule has 2 N–H and O–H groups in total. The molecular formula is C13H14N6O. The number of benzene rings is 1. The highest BCUT2D eigenvalue weighted by atomic mass is 16.2. The number of nitrogens with zero attached hydrogens (tertiary/aromatic N) is 4. The van der Waals surface area contributed by atoms with E-state index in [9.17, 15) is 4.79 Å². The molecule has 3 rings (SSSR count). The number of carbonyl (C=O) groups is 1. The Bertz CT molecular complexity index is 717. The Morgan fingerprint density at radius 3 is 3.05 bits per heavy atom. The number of hydrogen-bond acceptors (Lipinski definition) is 4. The lowest BCUT2D eigenvalue weighted by atomic mass is 10.3. The molecule has 0 fully saturated rings. The van der Waals surface area contributed by atoms with E-state index in [1.807, 2.05) is 35.8 Å². The van der Waals surface area contributed by atoms with Crippen LogP contribution in [0.3, 0.4) is 0 Å². The summed E-state index contributed by atoms with van der Waals surface area (Å²) in [4.78, 5) is 20.3. The number of rotatable bonds is 4. The van der Waals surface area contributed by atoms with Crippen molar-refractivity contribution in [1.29, 1.82) is 0 Å². The average Bonchev–Trinajstić information content (AvgIpc) is 3.09. The monoisotopic (exact) mass is 270 g/mol. The summed E-state index contributed by atoms with van der Waals surface area (Å²) in [5, 5.41) is 9.36. The van der Waals surface area contributed by atoms with Crippen molar-refractivity contribution in [2.45, 2.75) is 19.5 Å². The number of aromatic amines is 1. The van der Waals surface area contributed by atoms with Gasteiger partial charge >= 0.3 is 0 Å². The molecule has 0 saturated heterocycles. The number of nitrogens with one attached hydrogen (secondary N) is 2. The van der Waals surface area contributed by atoms with Gasteiger partial charge in [0, 0.05) is 0 Å². The molecule has 0 aliphatic heterocycles. The van der Waals surface area contributed by atoms with Gasteiger partial charge in [0.1, 0.15) is 18.7 Å². The van der Waals surface area contributed by atoms with E-state index in [0.717, 1.165) is 11.0 Å². The molecule has 2 heterocycles. The lowest BCUT2D eigenvalue weighted by molar-refractivity contribution is -0.122. The molecule has 0 bridgehead atoms. The predicted molar refractivity (Wildman–Crippen MR) is 72.7 cm³/mol. The van der Waals surface area contributed by atoms with Crippen molar-refractivity contribution < 1.29 is 4.79 Å². The van der Waals surface area contributed by atoms with Crippen molar-refractivity contribution in [3.63, 3.8) is 0 Å². The summed E-state index contributed by atoms with van der Waals surface area (Å²) in [6.45, 7) is 2.07. The van der Waals surface area contributed by atoms with Gasteiger partial charge in [0.15, 0.2) is 0 Å². The van der Waals surface area contributed by atoms with Crippen LogP contribution >= 0.6 is 0 Å². The first-order chi connectivity index (χ1) is 9.74. The van der Waals surface area contributed by atoms with E-state index < -0.39 is 0 Å². The topological polar surface area (TPSA) is 88.5 Å². The number of fused-ring (bicyclic) bond motifs is 1. The van der Waals surface area contributed by atoms with Crippen molar-refractivity contribution >= 4 is 16.9 Å². The zero-order valence-electron chi connectivity index (χ0n) is 10.9. The molecule has 2 aromatic heterocycles. The molecule has 1 amide bonds. The van der Waals surface area contributed by atoms with E-state index in [2.05, 4.69) is 25.5 Å². The van der Waals surface area contributed by atoms with Crippen LogP contribution < -0.4 is 5.32 Å². The molecule has 1 atom stereocenters. The first-order valence-electron chi connectivity index (χ1n) is 6.28. The fourth-order valence-corrected chi connectivity index (χ4v) is 2.07. The van der Waals surface area contributed by atoms with Gasteiger partial charge in [-0.05, 0) is 19.1 Å². The van der Waals surface area contributed by atoms with Crippen LogP contribution in [0.15, 0.2) is 36.9 Å². The van der Waals surface area contributed by atoms with Crippen LogP contribution in [0.25, 0.3) is 11.0 Å². The number of H-pyrrole nitrogens is 1. The smallest absolute Gasteiger partial charge is 0.240 e. The van der Waals surface area contributed by atoms with Gasteiger partial charge in [0.05, 0.1) is 23.4 Å². The number of imidazole rings is 1. The van der Waals surface area contributed by atoms with E-state index in [0.29, 0.717) is 5.82 Å². The Kier molecular flexibility index (Phi) is 3.16. The third-order valence-corrected chi connectivity index (χ3v) is 3.06. The minimum absolute atomic E-state index is 0.1000. The molecule has 20 heavy (non-hydrogen) atoms. The molecule has 0 radical (unpaired) electrons. The molecule has 7 heteroatoms. The number of hydrogen-bond donors (Lipinski definition) is 2. The van der Waals surface area contributed by atoms with Crippen LogP contribution in [0, 0.1) is 0 Å². The molecule has 1 aromatic carbocycles. The first-order valence-corrected chi connectivity index (χ1v) is 6.28. The highest BCUT2D eigenvalue weighted by Crippen LogP contribution is 2.11. The second-order valence-corrected chi connectivity index (χ2v) is 4.52. The van der Waals surface area contributed by atoms with Crippen LogP contribution in [-0.4, -0.2) is 30.6 Å². The fraction of sp³-hybridized carbons (Fsp3) is 0.231. The molecule has 0 aliphatic carbocycles. The Morgan fingerprint density at radius 2 is 2.25 bits per heavy atom. The van der Waals surface area contributed by atoms with E-state index in [-0.39, 0.29) is 18.5 Å². The molecule has 1 unspecified atom stereocenters. The Hall–Kier alpha value is -2.70. The van der Waals surface area contributed by atoms with Crippen LogP contribution in [0.1, 0.15) is 18.8 Å². The summed E-state index contributed by atoms with van der Waals surface area (Å²) in [7, 11) is 0. The average molecular weight is 270 g/mol. The SMILES string of the molecule is CC(NC(=O)Cn1cnc2ccccc21)c1ncn[nH]1. The fourth-order valence-electron chi connectivity index (χ4n) is 2.07. The predicted octanol–water partition coefficient (Wildman–Crippen LogP) is 1.03. The summed E-state index contributed by atoms with van der Waals surface area (Å²) in [5.41, 5.74) is 1.82. The maximum absolute atomic E-state index is 12.0. The van der Waals surface area contributed by atoms with Gasteiger partial charge in [-0.1, -0.05) is 12.1 Å². The lowest BCUT2D eigenvalue weighted by Crippen LogP contribution is -2.30. The minimum atomic E-state index is -0.209. The van der Waals surface area contributed by atoms with Gasteiger partial charge in [-0.3, -0.25) is 9.89 Å². The summed E-state index contributed by atoms with van der Waals surface area (Å²) in [5.74, 6) is 0.533. The van der Waals surface area contributed by atoms with Gasteiger partial charge in [-0.15, -0.1) is 0 Å². The van der Waals surface area contributed by atoms with E-state index in [4.69, 9.17) is 0 Å². The van der Waals surface area contributed by atoms with Crippen LogP contribution in [0.4, 0.5) is 0 Å². The van der Waals surface area contributed by atoms with Gasteiger partial charge < -0.3 is 9.88 Å².